The van der Waals surface area contributed by atoms with Gasteiger partial charge in [-0.3, -0.25) is 0 Å². The summed E-state index contributed by atoms with van der Waals surface area (Å²) in [5.74, 6) is -8.92. The fourth-order valence-electron chi connectivity index (χ4n) is 1.14. The fraction of sp³-hybridized carbons (Fsp3) is 0.300. The molecule has 0 amide bonds. The molecule has 17 heavy (non-hydrogen) atoms. The Labute approximate surface area is 93.6 Å². The van der Waals surface area contributed by atoms with E-state index in [4.69, 9.17) is 0 Å². The maximum absolute atomic E-state index is 13.1. The van der Waals surface area contributed by atoms with Crippen LogP contribution in [0.5, 0.6) is 0 Å². The van der Waals surface area contributed by atoms with E-state index in [0.29, 0.717) is 0 Å². The second-order valence-corrected chi connectivity index (χ2v) is 3.04. The fourth-order valence-corrected chi connectivity index (χ4v) is 1.14. The zero-order valence-electron chi connectivity index (χ0n) is 8.64. The van der Waals surface area contributed by atoms with Crippen molar-refractivity contribution in [3.63, 3.8) is 0 Å². The van der Waals surface area contributed by atoms with E-state index < -0.39 is 40.9 Å². The number of ether oxygens (including phenoxy) is 1. The quantitative estimate of drug-likeness (QED) is 0.386. The van der Waals surface area contributed by atoms with Gasteiger partial charge in [-0.2, -0.15) is 0 Å². The SMILES string of the molecule is CCOC(=O)C(O)c1cc(F)c(F)c(F)c1F. The Morgan fingerprint density at radius 2 is 1.88 bits per heavy atom. The lowest BCUT2D eigenvalue weighted by molar-refractivity contribution is -0.153. The number of hydrogen-bond acceptors (Lipinski definition) is 3. The van der Waals surface area contributed by atoms with Crippen LogP contribution in [0.3, 0.4) is 0 Å². The molecule has 0 bridgehead atoms. The molecule has 1 aromatic rings. The molecule has 0 saturated carbocycles. The molecule has 1 N–H and O–H groups in total. The number of esters is 1. The minimum absolute atomic E-state index is 0.107. The van der Waals surface area contributed by atoms with Crippen LogP contribution < -0.4 is 0 Å². The van der Waals surface area contributed by atoms with E-state index in [-0.39, 0.29) is 12.7 Å². The van der Waals surface area contributed by atoms with Gasteiger partial charge in [0.25, 0.3) is 0 Å². The molecular weight excluding hydrogens is 244 g/mol. The van der Waals surface area contributed by atoms with Crippen molar-refractivity contribution in [1.82, 2.24) is 0 Å². The van der Waals surface area contributed by atoms with Crippen LogP contribution in [0.25, 0.3) is 0 Å². The second-order valence-electron chi connectivity index (χ2n) is 3.04. The van der Waals surface area contributed by atoms with Gasteiger partial charge < -0.3 is 9.84 Å². The monoisotopic (exact) mass is 252 g/mol. The summed E-state index contributed by atoms with van der Waals surface area (Å²) in [5.41, 5.74) is -1.01. The molecule has 0 radical (unpaired) electrons. The average Bonchev–Trinajstić information content (AvgIpc) is 2.30. The van der Waals surface area contributed by atoms with Crippen molar-refractivity contribution in [3.8, 4) is 0 Å². The summed E-state index contributed by atoms with van der Waals surface area (Å²) in [6.45, 7) is 1.32. The van der Waals surface area contributed by atoms with Gasteiger partial charge in [-0.1, -0.05) is 0 Å². The van der Waals surface area contributed by atoms with Crippen molar-refractivity contribution in [2.45, 2.75) is 13.0 Å². The lowest BCUT2D eigenvalue weighted by Crippen LogP contribution is -2.18. The Morgan fingerprint density at radius 3 is 2.41 bits per heavy atom. The van der Waals surface area contributed by atoms with Gasteiger partial charge in [-0.15, -0.1) is 0 Å². The summed E-state index contributed by atoms with van der Waals surface area (Å²) < 4.78 is 55.7. The van der Waals surface area contributed by atoms with Crippen LogP contribution in [-0.4, -0.2) is 17.7 Å². The first kappa shape index (κ1) is 13.4. The van der Waals surface area contributed by atoms with Crippen molar-refractivity contribution < 1.29 is 32.2 Å². The van der Waals surface area contributed by atoms with Gasteiger partial charge in [0.15, 0.2) is 29.4 Å². The molecule has 7 heteroatoms. The summed E-state index contributed by atoms with van der Waals surface area (Å²) in [7, 11) is 0. The molecule has 0 spiro atoms. The van der Waals surface area contributed by atoms with E-state index in [2.05, 4.69) is 4.74 Å². The summed E-state index contributed by atoms with van der Waals surface area (Å²) >= 11 is 0. The summed E-state index contributed by atoms with van der Waals surface area (Å²) in [5, 5.41) is 9.27. The average molecular weight is 252 g/mol. The zero-order chi connectivity index (χ0) is 13.2. The highest BCUT2D eigenvalue weighted by atomic mass is 19.2. The number of aliphatic hydroxyl groups is 1. The highest BCUT2D eigenvalue weighted by Crippen LogP contribution is 2.24. The van der Waals surface area contributed by atoms with E-state index in [1.165, 1.54) is 6.92 Å². The lowest BCUT2D eigenvalue weighted by atomic mass is 10.1. The topological polar surface area (TPSA) is 46.5 Å². The predicted molar refractivity (Wildman–Crippen MR) is 47.9 cm³/mol. The molecular formula is C10H8F4O3. The van der Waals surface area contributed by atoms with Crippen LogP contribution >= 0.6 is 0 Å². The van der Waals surface area contributed by atoms with Crippen LogP contribution in [0.2, 0.25) is 0 Å². The molecule has 0 aliphatic heterocycles. The Morgan fingerprint density at radius 1 is 1.29 bits per heavy atom. The van der Waals surface area contributed by atoms with Gasteiger partial charge in [0.1, 0.15) is 0 Å². The predicted octanol–water partition coefficient (Wildman–Crippen LogP) is 1.84. The molecule has 0 fully saturated rings. The maximum Gasteiger partial charge on any atom is 0.339 e. The molecule has 1 rings (SSSR count). The van der Waals surface area contributed by atoms with Crippen LogP contribution in [0, 0.1) is 23.3 Å². The Bertz CT molecular complexity index is 448. The van der Waals surface area contributed by atoms with E-state index >= 15 is 0 Å². The van der Waals surface area contributed by atoms with Gasteiger partial charge in [0, 0.05) is 5.56 Å². The van der Waals surface area contributed by atoms with Crippen molar-refractivity contribution >= 4 is 5.97 Å². The highest BCUT2D eigenvalue weighted by Gasteiger charge is 2.28. The van der Waals surface area contributed by atoms with Gasteiger partial charge >= 0.3 is 5.97 Å². The van der Waals surface area contributed by atoms with Crippen molar-refractivity contribution in [2.24, 2.45) is 0 Å². The van der Waals surface area contributed by atoms with E-state index in [1.807, 2.05) is 0 Å². The van der Waals surface area contributed by atoms with Gasteiger partial charge in [0.2, 0.25) is 0 Å². The summed E-state index contributed by atoms with van der Waals surface area (Å²) in [6, 6.07) is 0.204. The summed E-state index contributed by atoms with van der Waals surface area (Å²) in [4.78, 5) is 11.0. The molecule has 0 aliphatic rings. The number of carbonyl (C=O) groups is 1. The number of benzene rings is 1. The van der Waals surface area contributed by atoms with E-state index in [9.17, 15) is 27.5 Å². The molecule has 1 unspecified atom stereocenters. The molecule has 0 saturated heterocycles. The van der Waals surface area contributed by atoms with Crippen molar-refractivity contribution in [1.29, 1.82) is 0 Å². The first-order chi connectivity index (χ1) is 7.90. The Balaban J connectivity index is 3.19. The molecule has 0 heterocycles. The van der Waals surface area contributed by atoms with Crippen molar-refractivity contribution in [3.05, 3.63) is 34.9 Å². The number of rotatable bonds is 3. The summed E-state index contributed by atoms with van der Waals surface area (Å²) in [6.07, 6.45) is -2.21. The molecule has 94 valence electrons. The standard InChI is InChI=1S/C10H8F4O3/c1-2-17-10(16)9(15)4-3-5(11)7(13)8(14)6(4)12/h3,9,15H,2H2,1H3. The zero-order valence-corrected chi connectivity index (χ0v) is 8.64. The number of hydrogen-bond donors (Lipinski definition) is 1. The third kappa shape index (κ3) is 2.55. The number of aliphatic hydroxyl groups excluding tert-OH is 1. The van der Waals surface area contributed by atoms with Crippen molar-refractivity contribution in [2.75, 3.05) is 6.61 Å². The van der Waals surface area contributed by atoms with Gasteiger partial charge in [-0.05, 0) is 13.0 Å². The molecule has 0 aliphatic carbocycles. The highest BCUT2D eigenvalue weighted by molar-refractivity contribution is 5.76. The lowest BCUT2D eigenvalue weighted by Gasteiger charge is -2.11. The number of carbonyl (C=O) groups excluding carboxylic acids is 1. The normalized spacial score (nSPS) is 12.4. The third-order valence-corrected chi connectivity index (χ3v) is 1.94. The smallest absolute Gasteiger partial charge is 0.339 e. The Kier molecular flexibility index (Phi) is 4.06. The van der Waals surface area contributed by atoms with E-state index in [1.54, 1.807) is 0 Å². The first-order valence-electron chi connectivity index (χ1n) is 4.57. The van der Waals surface area contributed by atoms with Crippen LogP contribution in [0.4, 0.5) is 17.6 Å². The largest absolute Gasteiger partial charge is 0.464 e. The third-order valence-electron chi connectivity index (χ3n) is 1.94. The second kappa shape index (κ2) is 5.13. The van der Waals surface area contributed by atoms with Crippen LogP contribution in [0.15, 0.2) is 6.07 Å². The Hall–Kier alpha value is -1.63. The minimum atomic E-state index is -2.21. The van der Waals surface area contributed by atoms with Crippen LogP contribution in [-0.2, 0) is 9.53 Å². The maximum atomic E-state index is 13.1. The minimum Gasteiger partial charge on any atom is -0.464 e. The molecule has 1 aromatic carbocycles. The van der Waals surface area contributed by atoms with Gasteiger partial charge in [-0.25, -0.2) is 22.4 Å². The van der Waals surface area contributed by atoms with E-state index in [0.717, 1.165) is 0 Å². The molecule has 3 nitrogen and oxygen atoms in total. The molecule has 0 aromatic heterocycles. The first-order valence-corrected chi connectivity index (χ1v) is 4.57. The number of halogens is 4. The molecule has 1 atom stereocenters. The van der Waals surface area contributed by atoms with Gasteiger partial charge in [0.05, 0.1) is 6.61 Å². The van der Waals surface area contributed by atoms with Crippen LogP contribution in [0.1, 0.15) is 18.6 Å².